The zero-order chi connectivity index (χ0) is 49.4. The lowest BCUT2D eigenvalue weighted by molar-refractivity contribution is -0.147. The summed E-state index contributed by atoms with van der Waals surface area (Å²) >= 11 is 21.4. The van der Waals surface area contributed by atoms with Crippen LogP contribution >= 0.6 is 46.6 Å². The van der Waals surface area contributed by atoms with Gasteiger partial charge in [-0.2, -0.15) is 9.58 Å². The van der Waals surface area contributed by atoms with E-state index < -0.39 is 58.1 Å². The van der Waals surface area contributed by atoms with Gasteiger partial charge in [-0.05, 0) is 88.1 Å². The van der Waals surface area contributed by atoms with E-state index in [0.29, 0.717) is 50.0 Å². The summed E-state index contributed by atoms with van der Waals surface area (Å²) in [4.78, 5) is 86.6. The van der Waals surface area contributed by atoms with E-state index in [0.717, 1.165) is 13.1 Å². The van der Waals surface area contributed by atoms with Gasteiger partial charge in [-0.25, -0.2) is 19.6 Å². The van der Waals surface area contributed by atoms with Gasteiger partial charge >= 0.3 is 29.8 Å². The Labute approximate surface area is 390 Å². The van der Waals surface area contributed by atoms with Gasteiger partial charge in [0.05, 0.1) is 36.6 Å². The average molecular weight is 984 g/mol. The number of aromatic hydroxyl groups is 1. The third kappa shape index (κ3) is 15.6. The SMILES string of the molecule is CCNCC.CCOC(=O)C(=[N+]=[N-])C1(O)C(=O)Nc2cc(Cl)ccc21.CCOC(=O)C=[N+]=[N-].CCOC(=O)c1c(O)c(=O)[nH]c2cc(Cl)ccc12.NCl.O=C1Nc2cc(Cl)ccc2C1=O. The van der Waals surface area contributed by atoms with Gasteiger partial charge in [0.15, 0.2) is 5.75 Å². The normalized spacial score (nSPS) is 13.3. The first-order valence-electron chi connectivity index (χ1n) is 18.8. The topological polar surface area (TPSA) is 338 Å². The van der Waals surface area contributed by atoms with Crippen LogP contribution in [0, 0.1) is 0 Å². The first-order valence-corrected chi connectivity index (χ1v) is 20.3. The van der Waals surface area contributed by atoms with Crippen molar-refractivity contribution in [2.75, 3.05) is 43.5 Å². The minimum Gasteiger partial charge on any atom is -0.502 e. The first kappa shape index (κ1) is 56.5. The predicted octanol–water partition coefficient (Wildman–Crippen LogP) is 4.82. The van der Waals surface area contributed by atoms with Gasteiger partial charge in [0, 0.05) is 31.7 Å². The van der Waals surface area contributed by atoms with Gasteiger partial charge in [-0.3, -0.25) is 19.2 Å². The number of anilines is 2. The van der Waals surface area contributed by atoms with E-state index in [1.807, 2.05) is 0 Å². The molecule has 3 aromatic carbocycles. The average Bonchev–Trinajstić information content (AvgIpc) is 3.68. The van der Waals surface area contributed by atoms with Crippen LogP contribution < -0.4 is 26.8 Å². The van der Waals surface area contributed by atoms with E-state index in [1.54, 1.807) is 45.0 Å². The molecule has 25 heteroatoms. The number of hydrogen-bond acceptors (Lipinski definition) is 14. The fourth-order valence-electron chi connectivity index (χ4n) is 5.23. The molecule has 3 heterocycles. The molecule has 2 amide bonds. The molecule has 0 aliphatic carbocycles. The molecule has 0 spiro atoms. The maximum Gasteiger partial charge on any atom is 0.421 e. The Morgan fingerprint density at radius 2 is 1.35 bits per heavy atom. The second kappa shape index (κ2) is 28.3. The van der Waals surface area contributed by atoms with Crippen molar-refractivity contribution >= 4 is 116 Å². The Balaban J connectivity index is 0.000000430. The number of fused-ring (bicyclic) bond motifs is 3. The molecule has 4 aromatic rings. The molecule has 2 aliphatic rings. The number of ketones is 1. The molecule has 1 unspecified atom stereocenters. The molecule has 1 atom stereocenters. The van der Waals surface area contributed by atoms with Gasteiger partial charge in [-0.1, -0.05) is 60.8 Å². The summed E-state index contributed by atoms with van der Waals surface area (Å²) in [5, 5.41) is 33.7. The van der Waals surface area contributed by atoms with Gasteiger partial charge in [0.1, 0.15) is 5.56 Å². The van der Waals surface area contributed by atoms with Gasteiger partial charge in [-0.15, -0.1) is 0 Å². The van der Waals surface area contributed by atoms with Crippen LogP contribution in [0.1, 0.15) is 60.9 Å². The molecule has 65 heavy (non-hydrogen) atoms. The van der Waals surface area contributed by atoms with E-state index in [9.17, 15) is 43.8 Å². The van der Waals surface area contributed by atoms with Crippen LogP contribution in [0.5, 0.6) is 5.75 Å². The largest absolute Gasteiger partial charge is 0.502 e. The predicted molar refractivity (Wildman–Crippen MR) is 241 cm³/mol. The highest BCUT2D eigenvalue weighted by Gasteiger charge is 2.59. The van der Waals surface area contributed by atoms with Crippen LogP contribution in [-0.2, 0) is 39.0 Å². The second-order valence-corrected chi connectivity index (χ2v) is 13.3. The Bertz CT molecular complexity index is 2540. The number of nitrogens with one attached hydrogen (secondary N) is 4. The van der Waals surface area contributed by atoms with Gasteiger partial charge in [0.2, 0.25) is 0 Å². The van der Waals surface area contributed by atoms with Crippen LogP contribution in [0.3, 0.4) is 0 Å². The smallest absolute Gasteiger partial charge is 0.421 e. The number of aromatic amines is 1. The lowest BCUT2D eigenvalue weighted by atomic mass is 9.90. The number of halogens is 4. The molecule has 0 saturated carbocycles. The van der Waals surface area contributed by atoms with Crippen molar-refractivity contribution in [1.82, 2.24) is 10.3 Å². The van der Waals surface area contributed by atoms with Gasteiger partial charge in [0.25, 0.3) is 28.8 Å². The Morgan fingerprint density at radius 1 is 0.800 bits per heavy atom. The van der Waals surface area contributed by atoms with Crippen LogP contribution in [0.15, 0.2) is 59.4 Å². The molecule has 2 aliphatic heterocycles. The molecule has 21 nitrogen and oxygen atoms in total. The highest BCUT2D eigenvalue weighted by atomic mass is 35.5. The number of carbonyl (C=O) groups excluding carboxylic acids is 6. The molecule has 1 aromatic heterocycles. The third-order valence-electron chi connectivity index (χ3n) is 7.92. The number of H-pyrrole nitrogens is 1. The van der Waals surface area contributed by atoms with Crippen molar-refractivity contribution < 1.29 is 62.8 Å². The summed E-state index contributed by atoms with van der Waals surface area (Å²) in [6.07, 6.45) is 0.698. The van der Waals surface area contributed by atoms with Crippen molar-refractivity contribution in [2.24, 2.45) is 5.25 Å². The summed E-state index contributed by atoms with van der Waals surface area (Å²) in [7, 11) is 0. The van der Waals surface area contributed by atoms with Crippen molar-refractivity contribution in [3.63, 3.8) is 0 Å². The quantitative estimate of drug-likeness (QED) is 0.0225. The Hall–Kier alpha value is -6.51. The number of benzene rings is 3. The first-order chi connectivity index (χ1) is 30.9. The Kier molecular flexibility index (Phi) is 24.6. The van der Waals surface area contributed by atoms with Crippen LogP contribution in [0.2, 0.25) is 15.1 Å². The maximum absolute atomic E-state index is 12.0. The van der Waals surface area contributed by atoms with E-state index in [-0.39, 0.29) is 30.0 Å². The molecule has 0 fully saturated rings. The molecule has 6 rings (SSSR count). The van der Waals surface area contributed by atoms with E-state index in [1.165, 1.54) is 30.3 Å². The minimum atomic E-state index is -2.42. The monoisotopic (exact) mass is 981 g/mol. The van der Waals surface area contributed by atoms with E-state index >= 15 is 0 Å². The zero-order valence-electron chi connectivity index (χ0n) is 35.2. The molecular formula is C40H43Cl4N9O12. The van der Waals surface area contributed by atoms with E-state index in [2.05, 4.69) is 70.9 Å². The fourth-order valence-corrected chi connectivity index (χ4v) is 5.75. The third-order valence-corrected chi connectivity index (χ3v) is 8.63. The number of nitrogens with zero attached hydrogens (tertiary/aromatic N) is 4. The fraction of sp³-hybridized carbons (Fsp3) is 0.275. The summed E-state index contributed by atoms with van der Waals surface area (Å²) in [5.41, 5.74) is 14.1. The van der Waals surface area contributed by atoms with Crippen molar-refractivity contribution in [3.8, 4) is 5.75 Å². The highest BCUT2D eigenvalue weighted by Crippen LogP contribution is 2.38. The van der Waals surface area contributed by atoms with Crippen LogP contribution in [0.25, 0.3) is 22.0 Å². The molecule has 348 valence electrons. The molecular weight excluding hydrogens is 940 g/mol. The number of pyridine rings is 1. The molecule has 0 bridgehead atoms. The van der Waals surface area contributed by atoms with E-state index in [4.69, 9.17) is 50.6 Å². The summed E-state index contributed by atoms with van der Waals surface area (Å²) in [6.45, 7) is 11.7. The summed E-state index contributed by atoms with van der Waals surface area (Å²) in [5.74, 6) is -5.12. The molecule has 8 N–H and O–H groups in total. The molecule has 0 radical (unpaired) electrons. The number of ether oxygens (including phenoxy) is 3. The van der Waals surface area contributed by atoms with Gasteiger partial charge < -0.3 is 56.4 Å². The summed E-state index contributed by atoms with van der Waals surface area (Å²) in [6, 6.07) is 13.5. The lowest BCUT2D eigenvalue weighted by Gasteiger charge is -2.14. The number of esters is 3. The number of carbonyl (C=O) groups is 6. The number of hydrogen-bond donors (Lipinski definition) is 7. The lowest BCUT2D eigenvalue weighted by Crippen LogP contribution is -2.47. The maximum atomic E-state index is 12.0. The van der Waals surface area contributed by atoms with Crippen molar-refractivity contribution in [3.05, 3.63) is 108 Å². The minimum absolute atomic E-state index is 0.00300. The number of nitrogens with two attached hydrogens (primary N) is 1. The standard InChI is InChI=1S/C12H10ClN3O4.C12H10ClNO4.C8H4ClNO2.C4H6N2O2.C4H11N.ClH2N/c1-2-20-10(17)9(16-14)12(19)7-4-3-6(13)5-8(7)15-11(12)18;1-2-18-12(17)9-7-4-3-6(13)5-8(7)14-11(16)10(9)15;9-4-1-2-5-6(3-4)10-8(12)7(5)11;1-2-8-4(7)3-6-5;1-3-5-4-2;1-2/h3-5,19H,2H2,1H3,(H,15,18);3-5,15H,2H2,1H3,(H,14,16);1-3H,(H,10,11,12);3H,2H2,1H3;5H,3-4H2,1-2H3;2H2. The van der Waals surface area contributed by atoms with Crippen LogP contribution in [0.4, 0.5) is 11.4 Å². The van der Waals surface area contributed by atoms with Crippen molar-refractivity contribution in [2.45, 2.75) is 40.2 Å². The zero-order valence-corrected chi connectivity index (χ0v) is 38.2. The number of amides is 2. The van der Waals surface area contributed by atoms with Crippen molar-refractivity contribution in [1.29, 1.82) is 0 Å². The number of Topliss-reactive ketones (excluding diaryl/α,β-unsaturated/α-hetero) is 1. The second-order valence-electron chi connectivity index (χ2n) is 12.0. The van der Waals surface area contributed by atoms with Crippen LogP contribution in [-0.4, -0.2) is 105 Å². The highest BCUT2D eigenvalue weighted by molar-refractivity contribution is 6.52. The number of aliphatic hydroxyl groups is 1. The number of rotatable bonds is 9. The molecule has 0 saturated heterocycles. The number of aromatic nitrogens is 1. The Morgan fingerprint density at radius 3 is 1.89 bits per heavy atom. The summed E-state index contributed by atoms with van der Waals surface area (Å²) < 4.78 is 13.8.